The lowest BCUT2D eigenvalue weighted by atomic mass is 9.84. The molecule has 0 aromatic heterocycles. The first-order valence-electron chi connectivity index (χ1n) is 6.76. The zero-order valence-corrected chi connectivity index (χ0v) is 12.8. The molecule has 1 aromatic carbocycles. The highest BCUT2D eigenvalue weighted by molar-refractivity contribution is 5.95. The molecule has 0 radical (unpaired) electrons. The quantitative estimate of drug-likeness (QED) is 0.754. The Hall–Kier alpha value is -1.51. The normalized spacial score (nSPS) is 11.3. The summed E-state index contributed by atoms with van der Waals surface area (Å²) in [6, 6.07) is 3.68. The standard InChI is InChI=1S/C16H24O3/c1-7-18-14-10-12(11(3)17)9-13(16(4,5)6)15(14)19-8-2/h9-10H,7-8H2,1-6H3. The summed E-state index contributed by atoms with van der Waals surface area (Å²) in [7, 11) is 0. The van der Waals surface area contributed by atoms with Crippen LogP contribution in [0.5, 0.6) is 11.5 Å². The van der Waals surface area contributed by atoms with Crippen molar-refractivity contribution in [2.45, 2.75) is 47.0 Å². The van der Waals surface area contributed by atoms with Crippen molar-refractivity contribution < 1.29 is 14.3 Å². The molecule has 0 aliphatic rings. The van der Waals surface area contributed by atoms with Crippen molar-refractivity contribution >= 4 is 5.78 Å². The Morgan fingerprint density at radius 1 is 1.11 bits per heavy atom. The van der Waals surface area contributed by atoms with Crippen LogP contribution in [0.1, 0.15) is 57.5 Å². The van der Waals surface area contributed by atoms with Gasteiger partial charge in [-0.2, -0.15) is 0 Å². The van der Waals surface area contributed by atoms with E-state index in [0.29, 0.717) is 24.5 Å². The van der Waals surface area contributed by atoms with E-state index in [1.54, 1.807) is 13.0 Å². The van der Waals surface area contributed by atoms with Gasteiger partial charge in [-0.05, 0) is 38.3 Å². The van der Waals surface area contributed by atoms with Gasteiger partial charge in [0.2, 0.25) is 0 Å². The third-order valence-corrected chi connectivity index (χ3v) is 2.86. The molecule has 0 N–H and O–H groups in total. The van der Waals surface area contributed by atoms with Gasteiger partial charge in [-0.25, -0.2) is 0 Å². The number of carbonyl (C=O) groups is 1. The maximum absolute atomic E-state index is 11.7. The Kier molecular flexibility index (Phi) is 4.98. The van der Waals surface area contributed by atoms with Crippen LogP contribution in [-0.4, -0.2) is 19.0 Å². The summed E-state index contributed by atoms with van der Waals surface area (Å²) in [6.07, 6.45) is 0. The zero-order chi connectivity index (χ0) is 14.6. The van der Waals surface area contributed by atoms with Crippen molar-refractivity contribution in [3.8, 4) is 11.5 Å². The van der Waals surface area contributed by atoms with E-state index in [1.165, 1.54) is 0 Å². The first kappa shape index (κ1) is 15.5. The van der Waals surface area contributed by atoms with Gasteiger partial charge in [0.05, 0.1) is 13.2 Å². The summed E-state index contributed by atoms with van der Waals surface area (Å²) >= 11 is 0. The fraction of sp³-hybridized carbons (Fsp3) is 0.562. The van der Waals surface area contributed by atoms with Crippen LogP contribution in [0.2, 0.25) is 0 Å². The van der Waals surface area contributed by atoms with Crippen LogP contribution in [-0.2, 0) is 5.41 Å². The van der Waals surface area contributed by atoms with Crippen LogP contribution in [0.3, 0.4) is 0 Å². The monoisotopic (exact) mass is 264 g/mol. The van der Waals surface area contributed by atoms with E-state index in [2.05, 4.69) is 20.8 Å². The van der Waals surface area contributed by atoms with Crippen LogP contribution in [0, 0.1) is 0 Å². The number of ether oxygens (including phenoxy) is 2. The van der Waals surface area contributed by atoms with Gasteiger partial charge in [0.15, 0.2) is 17.3 Å². The summed E-state index contributed by atoms with van der Waals surface area (Å²) in [6.45, 7) is 12.9. The predicted octanol–water partition coefficient (Wildman–Crippen LogP) is 3.98. The average Bonchev–Trinajstić information content (AvgIpc) is 2.29. The molecule has 0 unspecified atom stereocenters. The molecular formula is C16H24O3. The summed E-state index contributed by atoms with van der Waals surface area (Å²) in [5.41, 5.74) is 1.56. The van der Waals surface area contributed by atoms with E-state index < -0.39 is 0 Å². The highest BCUT2D eigenvalue weighted by Crippen LogP contribution is 2.40. The smallest absolute Gasteiger partial charge is 0.164 e. The lowest BCUT2D eigenvalue weighted by molar-refractivity contribution is 0.101. The molecule has 0 aliphatic heterocycles. The first-order chi connectivity index (χ1) is 8.81. The van der Waals surface area contributed by atoms with Crippen LogP contribution in [0.25, 0.3) is 0 Å². The third-order valence-electron chi connectivity index (χ3n) is 2.86. The van der Waals surface area contributed by atoms with Gasteiger partial charge in [-0.15, -0.1) is 0 Å². The Morgan fingerprint density at radius 2 is 1.68 bits per heavy atom. The summed E-state index contributed by atoms with van der Waals surface area (Å²) < 4.78 is 11.4. The molecule has 3 nitrogen and oxygen atoms in total. The summed E-state index contributed by atoms with van der Waals surface area (Å²) in [4.78, 5) is 11.7. The van der Waals surface area contributed by atoms with Gasteiger partial charge in [0.25, 0.3) is 0 Å². The highest BCUT2D eigenvalue weighted by atomic mass is 16.5. The number of carbonyl (C=O) groups excluding carboxylic acids is 1. The number of ketones is 1. The molecule has 1 rings (SSSR count). The lowest BCUT2D eigenvalue weighted by Crippen LogP contribution is -2.16. The first-order valence-corrected chi connectivity index (χ1v) is 6.76. The number of rotatable bonds is 5. The minimum atomic E-state index is -0.109. The fourth-order valence-corrected chi connectivity index (χ4v) is 1.92. The minimum Gasteiger partial charge on any atom is -0.490 e. The van der Waals surface area contributed by atoms with Crippen LogP contribution in [0.4, 0.5) is 0 Å². The molecule has 106 valence electrons. The van der Waals surface area contributed by atoms with Crippen molar-refractivity contribution in [2.75, 3.05) is 13.2 Å². The van der Waals surface area contributed by atoms with Gasteiger partial charge in [-0.1, -0.05) is 20.8 Å². The molecule has 19 heavy (non-hydrogen) atoms. The fourth-order valence-electron chi connectivity index (χ4n) is 1.92. The van der Waals surface area contributed by atoms with Crippen molar-refractivity contribution in [1.29, 1.82) is 0 Å². The number of benzene rings is 1. The van der Waals surface area contributed by atoms with Crippen molar-refractivity contribution in [1.82, 2.24) is 0 Å². The van der Waals surface area contributed by atoms with Crippen LogP contribution >= 0.6 is 0 Å². The molecule has 0 bridgehead atoms. The Labute approximate surface area is 115 Å². The number of Topliss-reactive ketones (excluding diaryl/α,β-unsaturated/α-hetero) is 1. The zero-order valence-electron chi connectivity index (χ0n) is 12.8. The van der Waals surface area contributed by atoms with E-state index in [4.69, 9.17) is 9.47 Å². The molecular weight excluding hydrogens is 240 g/mol. The van der Waals surface area contributed by atoms with E-state index in [9.17, 15) is 4.79 Å². The number of hydrogen-bond donors (Lipinski definition) is 0. The SMILES string of the molecule is CCOc1cc(C(C)=O)cc(C(C)(C)C)c1OCC. The second kappa shape index (κ2) is 6.09. The van der Waals surface area contributed by atoms with Gasteiger partial charge in [-0.3, -0.25) is 4.79 Å². The highest BCUT2D eigenvalue weighted by Gasteiger charge is 2.24. The van der Waals surface area contributed by atoms with E-state index in [1.807, 2.05) is 19.9 Å². The molecule has 0 fully saturated rings. The number of hydrogen-bond acceptors (Lipinski definition) is 3. The predicted molar refractivity (Wildman–Crippen MR) is 77.5 cm³/mol. The molecule has 0 saturated carbocycles. The van der Waals surface area contributed by atoms with Crippen molar-refractivity contribution in [3.63, 3.8) is 0 Å². The van der Waals surface area contributed by atoms with Crippen LogP contribution in [0.15, 0.2) is 12.1 Å². The third kappa shape index (κ3) is 3.72. The van der Waals surface area contributed by atoms with Crippen LogP contribution < -0.4 is 9.47 Å². The maximum Gasteiger partial charge on any atom is 0.164 e. The summed E-state index contributed by atoms with van der Waals surface area (Å²) in [5, 5.41) is 0. The molecule has 0 amide bonds. The van der Waals surface area contributed by atoms with E-state index >= 15 is 0 Å². The van der Waals surface area contributed by atoms with E-state index in [-0.39, 0.29) is 11.2 Å². The molecule has 0 spiro atoms. The average molecular weight is 264 g/mol. The molecule has 3 heteroatoms. The molecule has 1 aromatic rings. The van der Waals surface area contributed by atoms with Gasteiger partial charge < -0.3 is 9.47 Å². The van der Waals surface area contributed by atoms with Gasteiger partial charge >= 0.3 is 0 Å². The topological polar surface area (TPSA) is 35.5 Å². The Balaban J connectivity index is 3.50. The van der Waals surface area contributed by atoms with Crippen molar-refractivity contribution in [3.05, 3.63) is 23.3 Å². The maximum atomic E-state index is 11.7. The molecule has 0 atom stereocenters. The Bertz CT molecular complexity index is 456. The molecule has 0 aliphatic carbocycles. The molecule has 0 saturated heterocycles. The minimum absolute atomic E-state index is 0.0366. The largest absolute Gasteiger partial charge is 0.490 e. The molecule has 0 heterocycles. The van der Waals surface area contributed by atoms with Gasteiger partial charge in [0, 0.05) is 11.1 Å². The van der Waals surface area contributed by atoms with E-state index in [0.717, 1.165) is 11.3 Å². The van der Waals surface area contributed by atoms with Crippen molar-refractivity contribution in [2.24, 2.45) is 0 Å². The second-order valence-corrected chi connectivity index (χ2v) is 5.52. The lowest BCUT2D eigenvalue weighted by Gasteiger charge is -2.25. The summed E-state index contributed by atoms with van der Waals surface area (Å²) in [5.74, 6) is 1.44. The Morgan fingerprint density at radius 3 is 2.11 bits per heavy atom. The second-order valence-electron chi connectivity index (χ2n) is 5.52. The van der Waals surface area contributed by atoms with Gasteiger partial charge in [0.1, 0.15) is 0 Å².